The van der Waals surface area contributed by atoms with E-state index in [1.54, 1.807) is 0 Å². The van der Waals surface area contributed by atoms with E-state index in [-0.39, 0.29) is 5.54 Å². The number of hydrogen-bond acceptors (Lipinski definition) is 2. The van der Waals surface area contributed by atoms with E-state index in [0.29, 0.717) is 0 Å². The lowest BCUT2D eigenvalue weighted by Crippen LogP contribution is -2.40. The Morgan fingerprint density at radius 3 is 2.62 bits per heavy atom. The molecule has 0 aromatic carbocycles. The van der Waals surface area contributed by atoms with Crippen LogP contribution >= 0.6 is 0 Å². The van der Waals surface area contributed by atoms with E-state index in [4.69, 9.17) is 4.74 Å². The Hall–Kier alpha value is -0.340. The molecule has 2 heteroatoms. The van der Waals surface area contributed by atoms with Crippen LogP contribution in [-0.2, 0) is 4.74 Å². The molecule has 0 fully saturated rings. The van der Waals surface area contributed by atoms with Crippen LogP contribution in [0, 0.1) is 0 Å². The molecule has 1 N–H and O–H groups in total. The monoisotopic (exact) mass is 185 g/mol. The van der Waals surface area contributed by atoms with Gasteiger partial charge < -0.3 is 10.1 Å². The second kappa shape index (κ2) is 7.10. The zero-order chi connectivity index (χ0) is 10.2. The summed E-state index contributed by atoms with van der Waals surface area (Å²) in [5, 5.41) is 3.44. The molecule has 0 saturated carbocycles. The molecule has 0 heterocycles. The molecular formula is C11H23NO. The van der Waals surface area contributed by atoms with E-state index in [2.05, 4.69) is 26.1 Å². The van der Waals surface area contributed by atoms with Crippen molar-refractivity contribution < 1.29 is 4.74 Å². The van der Waals surface area contributed by atoms with E-state index in [9.17, 15) is 0 Å². The van der Waals surface area contributed by atoms with E-state index in [1.165, 1.54) is 0 Å². The minimum absolute atomic E-state index is 0.240. The molecule has 0 bridgehead atoms. The fraction of sp³-hybridized carbons (Fsp3) is 0.818. The molecule has 0 aliphatic carbocycles. The van der Waals surface area contributed by atoms with Crippen LogP contribution in [0.2, 0.25) is 0 Å². The van der Waals surface area contributed by atoms with Gasteiger partial charge in [0.15, 0.2) is 0 Å². The summed E-state index contributed by atoms with van der Waals surface area (Å²) >= 11 is 0. The first-order valence-electron chi connectivity index (χ1n) is 5.06. The minimum Gasteiger partial charge on any atom is -0.376 e. The smallest absolute Gasteiger partial charge is 0.0647 e. The summed E-state index contributed by atoms with van der Waals surface area (Å²) in [6.07, 6.45) is 5.16. The predicted molar refractivity (Wildman–Crippen MR) is 58.0 cm³/mol. The van der Waals surface area contributed by atoms with E-state index in [1.807, 2.05) is 19.1 Å². The third-order valence-electron chi connectivity index (χ3n) is 2.18. The first-order valence-corrected chi connectivity index (χ1v) is 5.06. The highest BCUT2D eigenvalue weighted by Crippen LogP contribution is 2.05. The summed E-state index contributed by atoms with van der Waals surface area (Å²) in [5.41, 5.74) is 0.240. The quantitative estimate of drug-likeness (QED) is 0.485. The summed E-state index contributed by atoms with van der Waals surface area (Å²) in [6.45, 7) is 11.0. The summed E-state index contributed by atoms with van der Waals surface area (Å²) in [6, 6.07) is 0. The molecule has 0 aliphatic rings. The third-order valence-corrected chi connectivity index (χ3v) is 2.18. The first kappa shape index (κ1) is 12.7. The highest BCUT2D eigenvalue weighted by molar-refractivity contribution is 4.77. The van der Waals surface area contributed by atoms with Crippen molar-refractivity contribution >= 4 is 0 Å². The molecule has 0 amide bonds. The molecule has 0 radical (unpaired) electrons. The van der Waals surface area contributed by atoms with Crippen molar-refractivity contribution in [2.45, 2.75) is 39.7 Å². The van der Waals surface area contributed by atoms with Gasteiger partial charge in [-0.1, -0.05) is 19.1 Å². The average molecular weight is 185 g/mol. The molecule has 0 aromatic rings. The Kier molecular flexibility index (Phi) is 6.92. The molecule has 0 aromatic heterocycles. The molecule has 0 atom stereocenters. The van der Waals surface area contributed by atoms with E-state index >= 15 is 0 Å². The first-order chi connectivity index (χ1) is 6.12. The van der Waals surface area contributed by atoms with Crippen LogP contribution < -0.4 is 5.32 Å². The molecule has 0 aliphatic heterocycles. The predicted octanol–water partition coefficient (Wildman–Crippen LogP) is 2.36. The van der Waals surface area contributed by atoms with Crippen LogP contribution in [0.1, 0.15) is 34.1 Å². The Balaban J connectivity index is 3.25. The maximum Gasteiger partial charge on any atom is 0.0647 e. The Bertz CT molecular complexity index is 141. The van der Waals surface area contributed by atoms with Crippen molar-refractivity contribution in [2.75, 3.05) is 19.8 Å². The molecule has 0 rings (SSSR count). The largest absolute Gasteiger partial charge is 0.376 e. The third kappa shape index (κ3) is 8.00. The Morgan fingerprint density at radius 1 is 1.38 bits per heavy atom. The fourth-order valence-corrected chi connectivity index (χ4v) is 0.834. The second-order valence-electron chi connectivity index (χ2n) is 3.81. The SMILES string of the molecule is CC=CCOCCNC(C)(C)CC. The van der Waals surface area contributed by atoms with Gasteiger partial charge in [0, 0.05) is 12.1 Å². The maximum atomic E-state index is 5.36. The van der Waals surface area contributed by atoms with Crippen LogP contribution in [0.25, 0.3) is 0 Å². The maximum absolute atomic E-state index is 5.36. The zero-order valence-corrected chi connectivity index (χ0v) is 9.39. The van der Waals surface area contributed by atoms with Gasteiger partial charge in [0.2, 0.25) is 0 Å². The standard InChI is InChI=1S/C11H23NO/c1-5-7-9-13-10-8-12-11(3,4)6-2/h5,7,12H,6,8-10H2,1-4H3. The summed E-state index contributed by atoms with van der Waals surface area (Å²) in [5.74, 6) is 0. The van der Waals surface area contributed by atoms with E-state index in [0.717, 1.165) is 26.2 Å². The number of nitrogens with one attached hydrogen (secondary N) is 1. The lowest BCUT2D eigenvalue weighted by molar-refractivity contribution is 0.155. The lowest BCUT2D eigenvalue weighted by atomic mass is 10.0. The van der Waals surface area contributed by atoms with Gasteiger partial charge in [-0.3, -0.25) is 0 Å². The summed E-state index contributed by atoms with van der Waals surface area (Å²) < 4.78 is 5.36. The van der Waals surface area contributed by atoms with Crippen molar-refractivity contribution in [3.05, 3.63) is 12.2 Å². The van der Waals surface area contributed by atoms with Crippen LogP contribution in [0.5, 0.6) is 0 Å². The molecular weight excluding hydrogens is 162 g/mol. The summed E-state index contributed by atoms with van der Waals surface area (Å²) in [4.78, 5) is 0. The molecule has 2 nitrogen and oxygen atoms in total. The van der Waals surface area contributed by atoms with E-state index < -0.39 is 0 Å². The van der Waals surface area contributed by atoms with Gasteiger partial charge in [0.1, 0.15) is 0 Å². The normalized spacial score (nSPS) is 12.6. The van der Waals surface area contributed by atoms with Crippen molar-refractivity contribution in [1.29, 1.82) is 0 Å². The molecule has 0 spiro atoms. The average Bonchev–Trinajstić information content (AvgIpc) is 2.11. The van der Waals surface area contributed by atoms with Crippen LogP contribution in [0.15, 0.2) is 12.2 Å². The van der Waals surface area contributed by atoms with Crippen LogP contribution in [-0.4, -0.2) is 25.3 Å². The van der Waals surface area contributed by atoms with Gasteiger partial charge in [-0.15, -0.1) is 0 Å². The van der Waals surface area contributed by atoms with Gasteiger partial charge in [-0.2, -0.15) is 0 Å². The topological polar surface area (TPSA) is 21.3 Å². The number of rotatable bonds is 7. The van der Waals surface area contributed by atoms with Gasteiger partial charge >= 0.3 is 0 Å². The van der Waals surface area contributed by atoms with Gasteiger partial charge in [-0.05, 0) is 27.2 Å². The zero-order valence-electron chi connectivity index (χ0n) is 9.39. The highest BCUT2D eigenvalue weighted by atomic mass is 16.5. The highest BCUT2D eigenvalue weighted by Gasteiger charge is 2.12. The number of ether oxygens (including phenoxy) is 1. The van der Waals surface area contributed by atoms with Gasteiger partial charge in [0.05, 0.1) is 13.2 Å². The number of allylic oxidation sites excluding steroid dienone is 1. The molecule has 78 valence electrons. The van der Waals surface area contributed by atoms with Gasteiger partial charge in [-0.25, -0.2) is 0 Å². The summed E-state index contributed by atoms with van der Waals surface area (Å²) in [7, 11) is 0. The van der Waals surface area contributed by atoms with Crippen molar-refractivity contribution in [2.24, 2.45) is 0 Å². The molecule has 0 unspecified atom stereocenters. The molecule has 13 heavy (non-hydrogen) atoms. The minimum atomic E-state index is 0.240. The van der Waals surface area contributed by atoms with Gasteiger partial charge in [0.25, 0.3) is 0 Å². The van der Waals surface area contributed by atoms with Crippen molar-refractivity contribution in [1.82, 2.24) is 5.32 Å². The van der Waals surface area contributed by atoms with Crippen molar-refractivity contribution in [3.8, 4) is 0 Å². The Labute approximate surface area is 82.4 Å². The Morgan fingerprint density at radius 2 is 2.08 bits per heavy atom. The fourth-order valence-electron chi connectivity index (χ4n) is 0.834. The van der Waals surface area contributed by atoms with Crippen molar-refractivity contribution in [3.63, 3.8) is 0 Å². The second-order valence-corrected chi connectivity index (χ2v) is 3.81. The molecule has 0 saturated heterocycles. The number of hydrogen-bond donors (Lipinski definition) is 1. The van der Waals surface area contributed by atoms with Crippen LogP contribution in [0.4, 0.5) is 0 Å². The lowest BCUT2D eigenvalue weighted by Gasteiger charge is -2.24. The van der Waals surface area contributed by atoms with Crippen LogP contribution in [0.3, 0.4) is 0 Å².